The van der Waals surface area contributed by atoms with Crippen LogP contribution in [0.15, 0.2) is 12.7 Å². The van der Waals surface area contributed by atoms with Crippen LogP contribution in [0.2, 0.25) is 0 Å². The van der Waals surface area contributed by atoms with Gasteiger partial charge in [0.05, 0.1) is 12.4 Å². The molecule has 9 heteroatoms. The second-order valence-electron chi connectivity index (χ2n) is 3.62. The number of nitrogens with two attached hydrogens (primary N) is 1. The number of aromatic nitrogens is 4. The number of imidazole rings is 1. The largest absolute Gasteiger partial charge is 0.393 e. The molecule has 0 spiro atoms. The summed E-state index contributed by atoms with van der Waals surface area (Å²) in [6.07, 6.45) is 2.37. The number of ether oxygens (including phenoxy) is 1. The monoisotopic (exact) mass is 269 g/mol. The molecule has 0 aromatic carbocycles. The minimum atomic E-state index is -0.444. The predicted octanol–water partition coefficient (Wildman–Crippen LogP) is -0.755. The van der Waals surface area contributed by atoms with Crippen LogP contribution in [-0.4, -0.2) is 48.9 Å². The van der Waals surface area contributed by atoms with Gasteiger partial charge in [-0.3, -0.25) is 0 Å². The van der Waals surface area contributed by atoms with Crippen molar-refractivity contribution < 1.29 is 14.7 Å². The lowest BCUT2D eigenvalue weighted by atomic mass is 10.5. The van der Waals surface area contributed by atoms with Gasteiger partial charge in [-0.2, -0.15) is 0 Å². The van der Waals surface area contributed by atoms with Crippen molar-refractivity contribution in [2.75, 3.05) is 18.1 Å². The molecule has 2 aromatic heterocycles. The fourth-order valence-electron chi connectivity index (χ4n) is 1.62. The number of nitrogen functional groups attached to an aromatic ring is 1. The van der Waals surface area contributed by atoms with E-state index in [-0.39, 0.29) is 12.0 Å². The molecule has 2 atom stereocenters. The van der Waals surface area contributed by atoms with E-state index in [9.17, 15) is 0 Å². The molecule has 1 fully saturated rings. The number of nitrogens with zero attached hydrogens (tertiary/aromatic N) is 4. The Balaban J connectivity index is 1.81. The summed E-state index contributed by atoms with van der Waals surface area (Å²) in [5, 5.41) is 8.96. The topological polar surface area (TPSA) is 108 Å². The SMILES string of the molecule is Nc1ncnc2c1ncn2O[C@@H]1CS[C@@H](CO)O1. The molecule has 96 valence electrons. The standard InChI is InChI=1S/C9H11N5O3S/c10-8-7-9(12-3-11-8)14(4-13-7)17-5-2-18-6(1-15)16-5/h3-6,15H,1-2H2,(H2,10,11,12)/t5-,6+/m1/s1. The van der Waals surface area contributed by atoms with E-state index in [4.69, 9.17) is 20.4 Å². The summed E-state index contributed by atoms with van der Waals surface area (Å²) in [7, 11) is 0. The van der Waals surface area contributed by atoms with Crippen LogP contribution in [0.3, 0.4) is 0 Å². The normalized spacial score (nSPS) is 23.6. The summed E-state index contributed by atoms with van der Waals surface area (Å²) in [5.41, 5.74) is 6.40. The lowest BCUT2D eigenvalue weighted by molar-refractivity contribution is -0.132. The highest BCUT2D eigenvalue weighted by atomic mass is 32.2. The maximum absolute atomic E-state index is 8.96. The fourth-order valence-corrected chi connectivity index (χ4v) is 2.44. The Hall–Kier alpha value is -1.58. The van der Waals surface area contributed by atoms with E-state index in [0.29, 0.717) is 22.7 Å². The molecular formula is C9H11N5O3S. The molecule has 0 aliphatic carbocycles. The van der Waals surface area contributed by atoms with Gasteiger partial charge in [-0.1, -0.05) is 0 Å². The highest BCUT2D eigenvalue weighted by molar-refractivity contribution is 8.00. The molecule has 3 N–H and O–H groups in total. The number of aliphatic hydroxyl groups excluding tert-OH is 1. The third-order valence-electron chi connectivity index (χ3n) is 2.43. The van der Waals surface area contributed by atoms with Crippen molar-refractivity contribution in [3.63, 3.8) is 0 Å². The van der Waals surface area contributed by atoms with E-state index in [2.05, 4.69) is 15.0 Å². The third kappa shape index (κ3) is 1.96. The number of fused-ring (bicyclic) bond motifs is 1. The number of rotatable bonds is 3. The van der Waals surface area contributed by atoms with E-state index in [1.165, 1.54) is 29.1 Å². The molecule has 2 aromatic rings. The molecule has 0 saturated carbocycles. The Kier molecular flexibility index (Phi) is 2.94. The Morgan fingerprint density at radius 3 is 3.22 bits per heavy atom. The van der Waals surface area contributed by atoms with Crippen LogP contribution < -0.4 is 10.6 Å². The summed E-state index contributed by atoms with van der Waals surface area (Å²) in [6.45, 7) is -0.0374. The maximum Gasteiger partial charge on any atom is 0.235 e. The highest BCUT2D eigenvalue weighted by Crippen LogP contribution is 2.24. The summed E-state index contributed by atoms with van der Waals surface area (Å²) < 4.78 is 6.83. The van der Waals surface area contributed by atoms with Crippen molar-refractivity contribution in [2.24, 2.45) is 0 Å². The van der Waals surface area contributed by atoms with Gasteiger partial charge < -0.3 is 20.4 Å². The molecule has 0 bridgehead atoms. The molecule has 1 saturated heterocycles. The second kappa shape index (κ2) is 4.59. The quantitative estimate of drug-likeness (QED) is 0.749. The predicted molar refractivity (Wildman–Crippen MR) is 64.5 cm³/mol. The molecule has 3 rings (SSSR count). The summed E-state index contributed by atoms with van der Waals surface area (Å²) in [6, 6.07) is 0. The summed E-state index contributed by atoms with van der Waals surface area (Å²) >= 11 is 1.49. The first-order valence-corrected chi connectivity index (χ1v) is 6.31. The molecule has 8 nitrogen and oxygen atoms in total. The van der Waals surface area contributed by atoms with Gasteiger partial charge in [0.1, 0.15) is 18.1 Å². The number of hydrogen-bond acceptors (Lipinski definition) is 8. The molecule has 0 radical (unpaired) electrons. The van der Waals surface area contributed by atoms with Gasteiger partial charge in [0.2, 0.25) is 11.9 Å². The second-order valence-corrected chi connectivity index (χ2v) is 4.81. The number of hydrogen-bond donors (Lipinski definition) is 2. The van der Waals surface area contributed by atoms with E-state index in [1.54, 1.807) is 0 Å². The molecule has 1 aliphatic rings. The van der Waals surface area contributed by atoms with Crippen molar-refractivity contribution in [1.29, 1.82) is 0 Å². The van der Waals surface area contributed by atoms with E-state index >= 15 is 0 Å². The van der Waals surface area contributed by atoms with Gasteiger partial charge in [0.25, 0.3) is 0 Å². The van der Waals surface area contributed by atoms with Crippen molar-refractivity contribution in [3.05, 3.63) is 12.7 Å². The van der Waals surface area contributed by atoms with E-state index < -0.39 is 6.29 Å². The maximum atomic E-state index is 8.96. The first kappa shape index (κ1) is 11.5. The third-order valence-corrected chi connectivity index (χ3v) is 3.53. The van der Waals surface area contributed by atoms with Gasteiger partial charge >= 0.3 is 0 Å². The van der Waals surface area contributed by atoms with Crippen molar-refractivity contribution in [3.8, 4) is 0 Å². The molecule has 3 heterocycles. The molecular weight excluding hydrogens is 258 g/mol. The molecule has 0 unspecified atom stereocenters. The van der Waals surface area contributed by atoms with Crippen LogP contribution in [-0.2, 0) is 4.74 Å². The zero-order chi connectivity index (χ0) is 12.5. The van der Waals surface area contributed by atoms with Gasteiger partial charge in [-0.25, -0.2) is 15.0 Å². The zero-order valence-electron chi connectivity index (χ0n) is 9.26. The Morgan fingerprint density at radius 2 is 2.44 bits per heavy atom. The van der Waals surface area contributed by atoms with Crippen LogP contribution in [0, 0.1) is 0 Å². The minimum Gasteiger partial charge on any atom is -0.393 e. The summed E-state index contributed by atoms with van der Waals surface area (Å²) in [4.78, 5) is 17.5. The Morgan fingerprint density at radius 1 is 1.56 bits per heavy atom. The first-order valence-electron chi connectivity index (χ1n) is 5.26. The van der Waals surface area contributed by atoms with Crippen LogP contribution in [0.5, 0.6) is 0 Å². The lowest BCUT2D eigenvalue weighted by Gasteiger charge is -2.13. The number of anilines is 1. The van der Waals surface area contributed by atoms with Crippen molar-refractivity contribution in [1.82, 2.24) is 19.7 Å². The Bertz CT molecular complexity index is 562. The molecule has 18 heavy (non-hydrogen) atoms. The lowest BCUT2D eigenvalue weighted by Crippen LogP contribution is -2.27. The molecule has 0 amide bonds. The zero-order valence-corrected chi connectivity index (χ0v) is 10.1. The van der Waals surface area contributed by atoms with Crippen molar-refractivity contribution >= 4 is 28.7 Å². The van der Waals surface area contributed by atoms with E-state index in [0.717, 1.165) is 0 Å². The van der Waals surface area contributed by atoms with Gasteiger partial charge in [-0.15, -0.1) is 16.5 Å². The first-order chi connectivity index (χ1) is 8.78. The highest BCUT2D eigenvalue weighted by Gasteiger charge is 2.27. The van der Waals surface area contributed by atoms with Crippen LogP contribution in [0.25, 0.3) is 11.2 Å². The minimum absolute atomic E-state index is 0.0374. The van der Waals surface area contributed by atoms with Crippen LogP contribution in [0.4, 0.5) is 5.82 Å². The van der Waals surface area contributed by atoms with Crippen LogP contribution in [0.1, 0.15) is 0 Å². The number of aliphatic hydroxyl groups is 1. The van der Waals surface area contributed by atoms with Crippen LogP contribution >= 0.6 is 11.8 Å². The average molecular weight is 269 g/mol. The van der Waals surface area contributed by atoms with Crippen molar-refractivity contribution in [2.45, 2.75) is 11.7 Å². The smallest absolute Gasteiger partial charge is 0.235 e. The van der Waals surface area contributed by atoms with E-state index in [1.807, 2.05) is 0 Å². The Labute approximate surface area is 106 Å². The van der Waals surface area contributed by atoms with Gasteiger partial charge in [0.15, 0.2) is 11.3 Å². The average Bonchev–Trinajstić information content (AvgIpc) is 2.98. The van der Waals surface area contributed by atoms with Gasteiger partial charge in [-0.05, 0) is 0 Å². The fraction of sp³-hybridized carbons (Fsp3) is 0.444. The molecule has 1 aliphatic heterocycles. The summed E-state index contributed by atoms with van der Waals surface area (Å²) in [5.74, 6) is 0.933. The number of thioether (sulfide) groups is 1. The van der Waals surface area contributed by atoms with Gasteiger partial charge in [0, 0.05) is 0 Å².